The minimum absolute atomic E-state index is 0.0143. The molecule has 1 amide bonds. The van der Waals surface area contributed by atoms with Crippen molar-refractivity contribution < 1.29 is 13.9 Å². The molecule has 0 radical (unpaired) electrons. The summed E-state index contributed by atoms with van der Waals surface area (Å²) < 4.78 is 18.5. The number of hydrogen-bond acceptors (Lipinski definition) is 2. The van der Waals surface area contributed by atoms with Crippen LogP contribution in [0.1, 0.15) is 11.1 Å². The normalized spacial score (nSPS) is 16.1. The number of carbonyl (C=O) groups excluding carboxylic acids is 1. The van der Waals surface area contributed by atoms with Gasteiger partial charge in [0.1, 0.15) is 17.7 Å². The molecule has 1 aliphatic rings. The highest BCUT2D eigenvalue weighted by Crippen LogP contribution is 2.27. The predicted molar refractivity (Wildman–Crippen MR) is 77.7 cm³/mol. The molecule has 0 bridgehead atoms. The summed E-state index contributed by atoms with van der Waals surface area (Å²) in [6.45, 7) is 0.481. The monoisotopic (exact) mass is 285 g/mol. The Labute approximate surface area is 122 Å². The number of halogens is 1. The maximum absolute atomic E-state index is 12.8. The summed E-state index contributed by atoms with van der Waals surface area (Å²) in [5, 5.41) is 2.86. The number of rotatable bonds is 4. The van der Waals surface area contributed by atoms with Gasteiger partial charge in [-0.2, -0.15) is 0 Å². The fourth-order valence-electron chi connectivity index (χ4n) is 2.45. The van der Waals surface area contributed by atoms with Crippen molar-refractivity contribution in [2.45, 2.75) is 18.9 Å². The summed E-state index contributed by atoms with van der Waals surface area (Å²) in [4.78, 5) is 11.9. The number of fused-ring (bicyclic) bond motifs is 1. The molecule has 1 aliphatic heterocycles. The summed E-state index contributed by atoms with van der Waals surface area (Å²) in [7, 11) is 0. The highest BCUT2D eigenvalue weighted by atomic mass is 19.1. The molecular weight excluding hydrogens is 269 g/mol. The zero-order chi connectivity index (χ0) is 14.7. The summed E-state index contributed by atoms with van der Waals surface area (Å²) in [6.07, 6.45) is 1.05. The number of nitrogens with one attached hydrogen (secondary N) is 1. The maximum atomic E-state index is 12.8. The minimum Gasteiger partial charge on any atom is -0.488 e. The third-order valence-corrected chi connectivity index (χ3v) is 3.52. The van der Waals surface area contributed by atoms with Gasteiger partial charge in [-0.15, -0.1) is 0 Å². The van der Waals surface area contributed by atoms with Crippen molar-refractivity contribution >= 4 is 5.91 Å². The Kier molecular flexibility index (Phi) is 3.86. The van der Waals surface area contributed by atoms with Crippen molar-refractivity contribution in [2.24, 2.45) is 0 Å². The van der Waals surface area contributed by atoms with Crippen molar-refractivity contribution in [1.29, 1.82) is 0 Å². The van der Waals surface area contributed by atoms with E-state index in [2.05, 4.69) is 5.32 Å². The van der Waals surface area contributed by atoms with Crippen LogP contribution in [-0.2, 0) is 17.6 Å². The number of hydrogen-bond donors (Lipinski definition) is 1. The van der Waals surface area contributed by atoms with Crippen molar-refractivity contribution in [3.63, 3.8) is 0 Å². The molecule has 0 aromatic heterocycles. The van der Waals surface area contributed by atoms with Crippen LogP contribution in [0.2, 0.25) is 0 Å². The molecule has 0 spiro atoms. The maximum Gasteiger partial charge on any atom is 0.224 e. The lowest BCUT2D eigenvalue weighted by atomic mass is 10.1. The van der Waals surface area contributed by atoms with Gasteiger partial charge in [-0.05, 0) is 29.3 Å². The molecule has 3 nitrogen and oxygen atoms in total. The number of benzene rings is 2. The average molecular weight is 285 g/mol. The fourth-order valence-corrected chi connectivity index (χ4v) is 2.45. The Morgan fingerprint density at radius 2 is 1.95 bits per heavy atom. The van der Waals surface area contributed by atoms with E-state index in [9.17, 15) is 9.18 Å². The fraction of sp³-hybridized carbons (Fsp3) is 0.235. The van der Waals surface area contributed by atoms with E-state index >= 15 is 0 Å². The second-order valence-corrected chi connectivity index (χ2v) is 5.16. The molecule has 2 aromatic rings. The van der Waals surface area contributed by atoms with Crippen molar-refractivity contribution in [1.82, 2.24) is 5.32 Å². The first kappa shape index (κ1) is 13.6. The second kappa shape index (κ2) is 5.95. The van der Waals surface area contributed by atoms with Gasteiger partial charge < -0.3 is 10.1 Å². The first-order valence-corrected chi connectivity index (χ1v) is 6.96. The molecule has 3 rings (SSSR count). The smallest absolute Gasteiger partial charge is 0.224 e. The number of amides is 1. The molecular formula is C17H16FNO2. The quantitative estimate of drug-likeness (QED) is 0.937. The van der Waals surface area contributed by atoms with Crippen LogP contribution in [-0.4, -0.2) is 18.6 Å². The van der Waals surface area contributed by atoms with Gasteiger partial charge in [-0.3, -0.25) is 4.79 Å². The molecule has 2 aromatic carbocycles. The van der Waals surface area contributed by atoms with Crippen LogP contribution in [0.25, 0.3) is 0 Å². The van der Waals surface area contributed by atoms with Crippen LogP contribution in [0, 0.1) is 5.82 Å². The molecule has 0 saturated carbocycles. The zero-order valence-corrected chi connectivity index (χ0v) is 11.5. The van der Waals surface area contributed by atoms with Crippen molar-refractivity contribution in [3.05, 3.63) is 65.5 Å². The average Bonchev–Trinajstić information content (AvgIpc) is 2.90. The molecule has 0 saturated heterocycles. The highest BCUT2D eigenvalue weighted by Gasteiger charge is 2.22. The molecule has 0 aliphatic carbocycles. The molecule has 1 N–H and O–H groups in total. The Morgan fingerprint density at radius 3 is 2.71 bits per heavy atom. The van der Waals surface area contributed by atoms with E-state index in [1.807, 2.05) is 24.3 Å². The van der Waals surface area contributed by atoms with Gasteiger partial charge >= 0.3 is 0 Å². The van der Waals surface area contributed by atoms with Gasteiger partial charge in [0.25, 0.3) is 0 Å². The van der Waals surface area contributed by atoms with Gasteiger partial charge in [0.2, 0.25) is 5.91 Å². The summed E-state index contributed by atoms with van der Waals surface area (Å²) in [6, 6.07) is 13.9. The highest BCUT2D eigenvalue weighted by molar-refractivity contribution is 5.78. The number of para-hydroxylation sites is 1. The third-order valence-electron chi connectivity index (χ3n) is 3.52. The Hall–Kier alpha value is -2.36. The van der Waals surface area contributed by atoms with Crippen LogP contribution >= 0.6 is 0 Å². The lowest BCUT2D eigenvalue weighted by molar-refractivity contribution is -0.120. The molecule has 1 unspecified atom stereocenters. The lowest BCUT2D eigenvalue weighted by Gasteiger charge is -2.12. The summed E-state index contributed by atoms with van der Waals surface area (Å²) in [5.41, 5.74) is 1.97. The Morgan fingerprint density at radius 1 is 1.19 bits per heavy atom. The van der Waals surface area contributed by atoms with Gasteiger partial charge in [-0.25, -0.2) is 4.39 Å². The molecule has 108 valence electrons. The van der Waals surface area contributed by atoms with Crippen LogP contribution in [0.4, 0.5) is 4.39 Å². The van der Waals surface area contributed by atoms with Crippen LogP contribution in [0.5, 0.6) is 5.75 Å². The molecule has 0 fully saturated rings. The molecule has 21 heavy (non-hydrogen) atoms. The van der Waals surface area contributed by atoms with Gasteiger partial charge in [0, 0.05) is 6.42 Å². The molecule has 4 heteroatoms. The third kappa shape index (κ3) is 3.40. The molecule has 1 heterocycles. The van der Waals surface area contributed by atoms with Gasteiger partial charge in [0.15, 0.2) is 0 Å². The van der Waals surface area contributed by atoms with E-state index in [0.717, 1.165) is 17.7 Å². The minimum atomic E-state index is -0.295. The first-order valence-electron chi connectivity index (χ1n) is 6.96. The van der Waals surface area contributed by atoms with Crippen LogP contribution in [0.15, 0.2) is 48.5 Å². The van der Waals surface area contributed by atoms with E-state index in [0.29, 0.717) is 6.54 Å². The van der Waals surface area contributed by atoms with Crippen molar-refractivity contribution in [2.75, 3.05) is 6.54 Å². The molecule has 1 atom stereocenters. The largest absolute Gasteiger partial charge is 0.488 e. The Bertz CT molecular complexity index is 614. The standard InChI is InChI=1S/C17H16FNO2/c18-14-7-5-12(6-8-14)9-17(20)19-11-15-10-13-3-1-2-4-16(13)21-15/h1-8,15H,9-11H2,(H,19,20). The lowest BCUT2D eigenvalue weighted by Crippen LogP contribution is -2.35. The zero-order valence-electron chi connectivity index (χ0n) is 11.5. The van der Waals surface area contributed by atoms with Crippen molar-refractivity contribution in [3.8, 4) is 5.75 Å². The topological polar surface area (TPSA) is 38.3 Å². The van der Waals surface area contributed by atoms with E-state index in [1.165, 1.54) is 17.7 Å². The van der Waals surface area contributed by atoms with E-state index in [4.69, 9.17) is 4.74 Å². The number of ether oxygens (including phenoxy) is 1. The summed E-state index contributed by atoms with van der Waals surface area (Å²) in [5.74, 6) is 0.521. The van der Waals surface area contributed by atoms with Crippen LogP contribution in [0.3, 0.4) is 0 Å². The number of carbonyl (C=O) groups is 1. The van der Waals surface area contributed by atoms with Gasteiger partial charge in [-0.1, -0.05) is 30.3 Å². The van der Waals surface area contributed by atoms with E-state index in [1.54, 1.807) is 12.1 Å². The second-order valence-electron chi connectivity index (χ2n) is 5.16. The van der Waals surface area contributed by atoms with Crippen LogP contribution < -0.4 is 10.1 Å². The first-order chi connectivity index (χ1) is 10.2. The summed E-state index contributed by atoms with van der Waals surface area (Å²) >= 11 is 0. The predicted octanol–water partition coefficient (Wildman–Crippen LogP) is 2.49. The van der Waals surface area contributed by atoms with E-state index in [-0.39, 0.29) is 24.2 Å². The van der Waals surface area contributed by atoms with E-state index < -0.39 is 0 Å². The Balaban J connectivity index is 1.48. The van der Waals surface area contributed by atoms with Gasteiger partial charge in [0.05, 0.1) is 13.0 Å². The SMILES string of the molecule is O=C(Cc1ccc(F)cc1)NCC1Cc2ccccc2O1.